The summed E-state index contributed by atoms with van der Waals surface area (Å²) in [6.45, 7) is 4.40. The molecule has 2 aliphatic rings. The molecule has 0 spiro atoms. The summed E-state index contributed by atoms with van der Waals surface area (Å²) in [5.41, 5.74) is 1.28. The summed E-state index contributed by atoms with van der Waals surface area (Å²) in [6, 6.07) is 9.27. The molecule has 1 unspecified atom stereocenters. The third kappa shape index (κ3) is 5.33. The molecule has 0 amide bonds. The van der Waals surface area contributed by atoms with Crippen molar-refractivity contribution in [3.8, 4) is 0 Å². The molecule has 0 bridgehead atoms. The molecule has 1 atom stereocenters. The van der Waals surface area contributed by atoms with E-state index in [1.165, 1.54) is 37.9 Å². The van der Waals surface area contributed by atoms with Gasteiger partial charge in [-0.2, -0.15) is 0 Å². The lowest BCUT2D eigenvalue weighted by Gasteiger charge is -2.24. The summed E-state index contributed by atoms with van der Waals surface area (Å²) >= 11 is 3.62. The molecule has 1 aromatic carbocycles. The minimum atomic E-state index is 0. The summed E-state index contributed by atoms with van der Waals surface area (Å²) in [5.74, 6) is 1.73. The quantitative estimate of drug-likeness (QED) is 0.376. The zero-order valence-electron chi connectivity index (χ0n) is 14.5. The summed E-state index contributed by atoms with van der Waals surface area (Å²) < 4.78 is 1.15. The first-order valence-corrected chi connectivity index (χ1v) is 9.36. The predicted molar refractivity (Wildman–Crippen MR) is 115 cm³/mol. The monoisotopic (exact) mass is 506 g/mol. The first-order chi connectivity index (χ1) is 11.2. The van der Waals surface area contributed by atoms with E-state index >= 15 is 0 Å². The van der Waals surface area contributed by atoms with Crippen LogP contribution in [0.2, 0.25) is 0 Å². The number of halogens is 2. The van der Waals surface area contributed by atoms with Gasteiger partial charge in [0.1, 0.15) is 0 Å². The summed E-state index contributed by atoms with van der Waals surface area (Å²) in [7, 11) is 3.96. The Morgan fingerprint density at radius 3 is 2.75 bits per heavy atom. The van der Waals surface area contributed by atoms with E-state index in [-0.39, 0.29) is 24.0 Å². The molecule has 1 saturated carbocycles. The van der Waals surface area contributed by atoms with Crippen LogP contribution in [0.5, 0.6) is 0 Å². The van der Waals surface area contributed by atoms with Gasteiger partial charge in [0.25, 0.3) is 0 Å². The fourth-order valence-corrected chi connectivity index (χ4v) is 3.79. The number of nitrogens with zero attached hydrogens (tertiary/aromatic N) is 3. The van der Waals surface area contributed by atoms with E-state index in [0.29, 0.717) is 0 Å². The molecule has 1 aromatic rings. The number of likely N-dealkylation sites (tertiary alicyclic amines) is 1. The molecule has 0 aromatic heterocycles. The first-order valence-electron chi connectivity index (χ1n) is 8.56. The van der Waals surface area contributed by atoms with Crippen molar-refractivity contribution < 1.29 is 0 Å². The van der Waals surface area contributed by atoms with Crippen molar-refractivity contribution in [2.24, 2.45) is 10.9 Å². The molecular weight excluding hydrogens is 479 g/mol. The Hall–Kier alpha value is -0.340. The first kappa shape index (κ1) is 20.0. The van der Waals surface area contributed by atoms with Crippen LogP contribution in [0.15, 0.2) is 33.7 Å². The summed E-state index contributed by atoms with van der Waals surface area (Å²) in [4.78, 5) is 9.30. The average Bonchev–Trinajstić information content (AvgIpc) is 3.29. The van der Waals surface area contributed by atoms with Crippen LogP contribution >= 0.6 is 39.9 Å². The number of rotatable bonds is 5. The highest BCUT2D eigenvalue weighted by Gasteiger charge is 2.34. The molecule has 1 aliphatic carbocycles. The van der Waals surface area contributed by atoms with Crippen molar-refractivity contribution in [2.75, 3.05) is 33.7 Å². The Morgan fingerprint density at radius 2 is 2.08 bits per heavy atom. The molecule has 1 heterocycles. The topological polar surface area (TPSA) is 30.9 Å². The summed E-state index contributed by atoms with van der Waals surface area (Å²) in [5, 5.41) is 3.56. The van der Waals surface area contributed by atoms with Crippen LogP contribution in [0.1, 0.15) is 24.8 Å². The maximum Gasteiger partial charge on any atom is 0.193 e. The van der Waals surface area contributed by atoms with Gasteiger partial charge in [-0.05, 0) is 43.4 Å². The van der Waals surface area contributed by atoms with Gasteiger partial charge in [-0.25, -0.2) is 0 Å². The van der Waals surface area contributed by atoms with E-state index in [1.807, 2.05) is 13.1 Å². The van der Waals surface area contributed by atoms with Crippen molar-refractivity contribution in [1.82, 2.24) is 15.1 Å². The molecule has 3 rings (SSSR count). The zero-order valence-corrected chi connectivity index (χ0v) is 18.5. The van der Waals surface area contributed by atoms with Gasteiger partial charge in [0.15, 0.2) is 5.96 Å². The molecule has 6 heteroatoms. The van der Waals surface area contributed by atoms with Gasteiger partial charge < -0.3 is 15.1 Å². The summed E-state index contributed by atoms with van der Waals surface area (Å²) in [6.07, 6.45) is 4.14. The van der Waals surface area contributed by atoms with Gasteiger partial charge in [0, 0.05) is 44.2 Å². The molecule has 0 radical (unpaired) electrons. The molecule has 2 fully saturated rings. The second-order valence-corrected chi connectivity index (χ2v) is 7.61. The Labute approximate surface area is 171 Å². The average molecular weight is 507 g/mol. The van der Waals surface area contributed by atoms with E-state index in [4.69, 9.17) is 0 Å². The van der Waals surface area contributed by atoms with E-state index in [0.717, 1.165) is 35.5 Å². The van der Waals surface area contributed by atoms with E-state index in [1.54, 1.807) is 0 Å². The molecule has 1 saturated heterocycles. The Morgan fingerprint density at radius 1 is 1.33 bits per heavy atom. The number of hydrogen-bond acceptors (Lipinski definition) is 2. The maximum absolute atomic E-state index is 4.44. The number of nitrogens with one attached hydrogen (secondary N) is 1. The van der Waals surface area contributed by atoms with Crippen LogP contribution < -0.4 is 5.32 Å². The largest absolute Gasteiger partial charge is 0.356 e. The fourth-order valence-electron chi connectivity index (χ4n) is 3.38. The smallest absolute Gasteiger partial charge is 0.193 e. The number of hydrogen-bond donors (Lipinski definition) is 1. The van der Waals surface area contributed by atoms with Crippen LogP contribution in [0.25, 0.3) is 0 Å². The lowest BCUT2D eigenvalue weighted by atomic mass is 10.1. The van der Waals surface area contributed by atoms with E-state index in [2.05, 4.69) is 61.3 Å². The predicted octanol–water partition coefficient (Wildman–Crippen LogP) is 3.56. The van der Waals surface area contributed by atoms with E-state index in [9.17, 15) is 0 Å². The third-order valence-electron chi connectivity index (χ3n) is 4.87. The van der Waals surface area contributed by atoms with E-state index < -0.39 is 0 Å². The maximum atomic E-state index is 4.44. The highest BCUT2D eigenvalue weighted by Crippen LogP contribution is 2.31. The van der Waals surface area contributed by atoms with Crippen LogP contribution in [-0.2, 0) is 6.54 Å². The van der Waals surface area contributed by atoms with Crippen molar-refractivity contribution in [3.63, 3.8) is 0 Å². The van der Waals surface area contributed by atoms with Crippen LogP contribution in [0.4, 0.5) is 0 Å². The van der Waals surface area contributed by atoms with Gasteiger partial charge in [0.05, 0.1) is 0 Å². The van der Waals surface area contributed by atoms with Crippen LogP contribution in [0.3, 0.4) is 0 Å². The second kappa shape index (κ2) is 9.38. The molecule has 24 heavy (non-hydrogen) atoms. The number of benzene rings is 1. The van der Waals surface area contributed by atoms with Gasteiger partial charge in [-0.1, -0.05) is 34.1 Å². The molecule has 1 aliphatic heterocycles. The lowest BCUT2D eigenvalue weighted by molar-refractivity contribution is 0.313. The van der Waals surface area contributed by atoms with Gasteiger partial charge in [-0.3, -0.25) is 4.99 Å². The molecule has 1 N–H and O–H groups in total. The third-order valence-corrected chi connectivity index (χ3v) is 5.64. The SMILES string of the molecule is CN=C(NCC1CCN(C2CC2)C1)N(C)Cc1ccccc1Br.I. The Kier molecular flexibility index (Phi) is 7.81. The molecular formula is C18H28BrIN4. The van der Waals surface area contributed by atoms with Gasteiger partial charge in [0.2, 0.25) is 0 Å². The Balaban J connectivity index is 0.00000208. The minimum Gasteiger partial charge on any atom is -0.356 e. The van der Waals surface area contributed by atoms with Crippen molar-refractivity contribution in [1.29, 1.82) is 0 Å². The molecule has 134 valence electrons. The Bertz CT molecular complexity index is 562. The molecule has 4 nitrogen and oxygen atoms in total. The lowest BCUT2D eigenvalue weighted by Crippen LogP contribution is -2.41. The van der Waals surface area contributed by atoms with Gasteiger partial charge in [-0.15, -0.1) is 24.0 Å². The van der Waals surface area contributed by atoms with Gasteiger partial charge >= 0.3 is 0 Å². The normalized spacial score (nSPS) is 21.5. The standard InChI is InChI=1S/C18H27BrN4.HI/c1-20-18(22(2)13-15-5-3-4-6-17(15)19)21-11-14-9-10-23(12-14)16-7-8-16;/h3-6,14,16H,7-13H2,1-2H3,(H,20,21);1H. The van der Waals surface area contributed by atoms with Crippen molar-refractivity contribution in [2.45, 2.75) is 31.8 Å². The highest BCUT2D eigenvalue weighted by atomic mass is 127. The second-order valence-electron chi connectivity index (χ2n) is 6.76. The van der Waals surface area contributed by atoms with Crippen molar-refractivity contribution in [3.05, 3.63) is 34.3 Å². The minimum absolute atomic E-state index is 0. The van der Waals surface area contributed by atoms with Crippen LogP contribution in [0, 0.1) is 5.92 Å². The zero-order chi connectivity index (χ0) is 16.2. The van der Waals surface area contributed by atoms with Crippen molar-refractivity contribution >= 4 is 45.9 Å². The van der Waals surface area contributed by atoms with Crippen LogP contribution in [-0.4, -0.2) is 55.5 Å². The highest BCUT2D eigenvalue weighted by molar-refractivity contribution is 14.0. The fraction of sp³-hybridized carbons (Fsp3) is 0.611. The number of aliphatic imine (C=N–C) groups is 1. The number of guanidine groups is 1.